The van der Waals surface area contributed by atoms with E-state index in [2.05, 4.69) is 38.0 Å². The van der Waals surface area contributed by atoms with Gasteiger partial charge in [0.2, 0.25) is 5.88 Å². The number of nitrogens with zero attached hydrogens (tertiary/aromatic N) is 4. The molecule has 4 rings (SSSR count). The number of thiocarbonyl (C=S) groups is 1. The maximum absolute atomic E-state index is 10.9. The standard InChI is InChI=1S/C20H21ClN6O2S/c21-14-6-7-17-16(12-14)18(22-23-20(30)24-29)19(28)27(17)13-25-8-10-26(11-9-25)15-4-2-1-3-5-15/h1-7,12,22,28H,8-11,13H2,(H,23,30). The Morgan fingerprint density at radius 1 is 1.13 bits per heavy atom. The predicted octanol–water partition coefficient (Wildman–Crippen LogP) is 3.75. The number of aromatic hydroxyl groups is 1. The zero-order chi connectivity index (χ0) is 21.1. The monoisotopic (exact) mass is 444 g/mol. The molecule has 2 aromatic carbocycles. The van der Waals surface area contributed by atoms with Gasteiger partial charge in [-0.1, -0.05) is 29.8 Å². The molecule has 1 aliphatic rings. The van der Waals surface area contributed by atoms with Crippen LogP contribution in [0.5, 0.6) is 5.88 Å². The average molecular weight is 445 g/mol. The topological polar surface area (TPSA) is 85.1 Å². The minimum Gasteiger partial charge on any atom is -0.493 e. The van der Waals surface area contributed by atoms with Gasteiger partial charge in [0, 0.05) is 47.5 Å². The lowest BCUT2D eigenvalue weighted by molar-refractivity contribution is 0.200. The summed E-state index contributed by atoms with van der Waals surface area (Å²) in [6.45, 7) is 4.05. The Balaban J connectivity index is 1.53. The Morgan fingerprint density at radius 2 is 1.87 bits per heavy atom. The molecule has 0 spiro atoms. The lowest BCUT2D eigenvalue weighted by Gasteiger charge is -2.36. The highest BCUT2D eigenvalue weighted by molar-refractivity contribution is 7.80. The van der Waals surface area contributed by atoms with Crippen molar-refractivity contribution in [1.29, 1.82) is 0 Å². The van der Waals surface area contributed by atoms with E-state index in [9.17, 15) is 10.0 Å². The van der Waals surface area contributed by atoms with Gasteiger partial charge in [0.15, 0.2) is 0 Å². The van der Waals surface area contributed by atoms with Crippen LogP contribution in [0.15, 0.2) is 53.7 Å². The second kappa shape index (κ2) is 8.86. The van der Waals surface area contributed by atoms with E-state index in [4.69, 9.17) is 23.8 Å². The number of nitroso groups, excluding NO2 is 1. The maximum Gasteiger partial charge on any atom is 0.254 e. The quantitative estimate of drug-likeness (QED) is 0.314. The van der Waals surface area contributed by atoms with E-state index in [-0.39, 0.29) is 11.0 Å². The summed E-state index contributed by atoms with van der Waals surface area (Å²) >= 11 is 10.9. The molecule has 1 saturated heterocycles. The van der Waals surface area contributed by atoms with Crippen molar-refractivity contribution in [2.75, 3.05) is 36.5 Å². The van der Waals surface area contributed by atoms with Gasteiger partial charge < -0.3 is 10.0 Å². The zero-order valence-corrected chi connectivity index (χ0v) is 17.7. The predicted molar refractivity (Wildman–Crippen MR) is 124 cm³/mol. The molecule has 0 radical (unpaired) electrons. The third-order valence-corrected chi connectivity index (χ3v) is 5.62. The van der Waals surface area contributed by atoms with Crippen molar-refractivity contribution in [2.45, 2.75) is 6.67 Å². The van der Waals surface area contributed by atoms with Crippen LogP contribution in [-0.2, 0) is 6.67 Å². The van der Waals surface area contributed by atoms with Gasteiger partial charge in [0.1, 0.15) is 5.69 Å². The molecule has 3 N–H and O–H groups in total. The molecule has 0 atom stereocenters. The van der Waals surface area contributed by atoms with Gasteiger partial charge in [-0.15, -0.1) is 4.91 Å². The number of piperazine rings is 1. The van der Waals surface area contributed by atoms with E-state index in [1.165, 1.54) is 5.69 Å². The molecule has 0 aliphatic carbocycles. The Hall–Kier alpha value is -2.88. The molecule has 0 bridgehead atoms. The van der Waals surface area contributed by atoms with Crippen LogP contribution in [-0.4, -0.2) is 45.9 Å². The number of fused-ring (bicyclic) bond motifs is 1. The van der Waals surface area contributed by atoms with Crippen molar-refractivity contribution >= 4 is 51.2 Å². The highest BCUT2D eigenvalue weighted by atomic mass is 35.5. The van der Waals surface area contributed by atoms with Crippen LogP contribution >= 0.6 is 23.8 Å². The molecule has 0 unspecified atom stereocenters. The second-order valence-electron chi connectivity index (χ2n) is 7.02. The van der Waals surface area contributed by atoms with Crippen LogP contribution in [0.25, 0.3) is 10.9 Å². The summed E-state index contributed by atoms with van der Waals surface area (Å²) in [4.78, 5) is 15.2. The van der Waals surface area contributed by atoms with E-state index in [0.717, 1.165) is 31.7 Å². The van der Waals surface area contributed by atoms with E-state index in [1.54, 1.807) is 12.1 Å². The van der Waals surface area contributed by atoms with Crippen LogP contribution in [0.3, 0.4) is 0 Å². The average Bonchev–Trinajstić information content (AvgIpc) is 3.03. The number of nitrogens with one attached hydrogen (secondary N) is 2. The van der Waals surface area contributed by atoms with Crippen molar-refractivity contribution in [2.24, 2.45) is 5.18 Å². The number of hydrazine groups is 1. The largest absolute Gasteiger partial charge is 0.493 e. The molecule has 0 amide bonds. The fraction of sp³-hybridized carbons (Fsp3) is 0.250. The molecule has 2 heterocycles. The fourth-order valence-corrected chi connectivity index (χ4v) is 3.93. The van der Waals surface area contributed by atoms with E-state index < -0.39 is 0 Å². The smallest absolute Gasteiger partial charge is 0.254 e. The van der Waals surface area contributed by atoms with Crippen molar-refractivity contribution in [3.8, 4) is 5.88 Å². The summed E-state index contributed by atoms with van der Waals surface area (Å²) in [6, 6.07) is 15.7. The molecule has 1 aliphatic heterocycles. The number of benzene rings is 2. The van der Waals surface area contributed by atoms with E-state index in [1.807, 2.05) is 28.8 Å². The Bertz CT molecular complexity index is 1070. The lowest BCUT2D eigenvalue weighted by Crippen LogP contribution is -2.46. The van der Waals surface area contributed by atoms with Crippen LogP contribution in [0.1, 0.15) is 0 Å². The van der Waals surface area contributed by atoms with Crippen LogP contribution in [0.2, 0.25) is 5.02 Å². The first-order valence-corrected chi connectivity index (χ1v) is 10.3. The molecule has 30 heavy (non-hydrogen) atoms. The SMILES string of the molecule is O=NC(=S)NNc1c(O)n(CN2CCN(c3ccccc3)CC2)c2ccc(Cl)cc12. The number of aromatic nitrogens is 1. The van der Waals surface area contributed by atoms with Crippen molar-refractivity contribution in [1.82, 2.24) is 14.9 Å². The molecule has 0 saturated carbocycles. The molecule has 8 nitrogen and oxygen atoms in total. The number of halogens is 1. The van der Waals surface area contributed by atoms with Crippen LogP contribution in [0.4, 0.5) is 11.4 Å². The minimum absolute atomic E-state index is 0.0268. The first-order valence-electron chi connectivity index (χ1n) is 9.49. The fourth-order valence-electron chi connectivity index (χ4n) is 3.70. The molecule has 156 valence electrons. The van der Waals surface area contributed by atoms with Gasteiger partial charge in [-0.05, 0) is 42.5 Å². The van der Waals surface area contributed by atoms with Crippen molar-refractivity contribution in [3.05, 3.63) is 58.5 Å². The number of para-hydroxylation sites is 1. The first-order chi connectivity index (χ1) is 14.6. The summed E-state index contributed by atoms with van der Waals surface area (Å²) in [5, 5.41) is 14.5. The van der Waals surface area contributed by atoms with Gasteiger partial charge in [-0.25, -0.2) is 0 Å². The molecule has 1 fully saturated rings. The Labute approximate surface area is 184 Å². The number of anilines is 2. The van der Waals surface area contributed by atoms with Crippen molar-refractivity contribution < 1.29 is 5.11 Å². The highest BCUT2D eigenvalue weighted by Crippen LogP contribution is 2.37. The zero-order valence-electron chi connectivity index (χ0n) is 16.1. The summed E-state index contributed by atoms with van der Waals surface area (Å²) in [5.74, 6) is 0.0268. The van der Waals surface area contributed by atoms with Gasteiger partial charge in [-0.3, -0.25) is 20.3 Å². The van der Waals surface area contributed by atoms with E-state index >= 15 is 0 Å². The van der Waals surface area contributed by atoms with Crippen molar-refractivity contribution in [3.63, 3.8) is 0 Å². The highest BCUT2D eigenvalue weighted by Gasteiger charge is 2.22. The Morgan fingerprint density at radius 3 is 2.57 bits per heavy atom. The normalized spacial score (nSPS) is 14.6. The summed E-state index contributed by atoms with van der Waals surface area (Å²) in [5.41, 5.74) is 7.71. The summed E-state index contributed by atoms with van der Waals surface area (Å²) in [6.07, 6.45) is 0. The molecule has 3 aromatic rings. The maximum atomic E-state index is 10.9. The minimum atomic E-state index is -0.255. The molecule has 1 aromatic heterocycles. The molecule has 10 heteroatoms. The third kappa shape index (κ3) is 4.18. The van der Waals surface area contributed by atoms with Gasteiger partial charge in [0.05, 0.1) is 12.2 Å². The summed E-state index contributed by atoms with van der Waals surface area (Å²) < 4.78 is 1.81. The molecular weight excluding hydrogens is 424 g/mol. The number of hydrogen-bond acceptors (Lipinski definition) is 6. The Kier molecular flexibility index (Phi) is 6.03. The van der Waals surface area contributed by atoms with Gasteiger partial charge in [0.25, 0.3) is 5.11 Å². The molecular formula is C20H21ClN6O2S. The van der Waals surface area contributed by atoms with Crippen LogP contribution < -0.4 is 15.8 Å². The number of rotatable bonds is 5. The van der Waals surface area contributed by atoms with E-state index in [0.29, 0.717) is 22.8 Å². The summed E-state index contributed by atoms with van der Waals surface area (Å²) in [7, 11) is 0. The third-order valence-electron chi connectivity index (χ3n) is 5.21. The van der Waals surface area contributed by atoms with Crippen LogP contribution in [0, 0.1) is 4.91 Å². The lowest BCUT2D eigenvalue weighted by atomic mass is 10.2. The first kappa shape index (κ1) is 20.4. The number of hydrogen-bond donors (Lipinski definition) is 3. The van der Waals surface area contributed by atoms with Gasteiger partial charge >= 0.3 is 0 Å². The van der Waals surface area contributed by atoms with Gasteiger partial charge in [-0.2, -0.15) is 0 Å². The second-order valence-corrected chi connectivity index (χ2v) is 7.84.